The lowest BCUT2D eigenvalue weighted by atomic mass is 9.96. The Morgan fingerprint density at radius 3 is 2.32 bits per heavy atom. The Balaban J connectivity index is 0.00000320. The molecule has 0 saturated heterocycles. The minimum atomic E-state index is -0.625. The van der Waals surface area contributed by atoms with Crippen molar-refractivity contribution in [1.82, 2.24) is 9.55 Å². The van der Waals surface area contributed by atoms with E-state index in [0.717, 1.165) is 11.3 Å². The van der Waals surface area contributed by atoms with Crippen LogP contribution in [0.1, 0.15) is 16.2 Å². The Morgan fingerprint density at radius 2 is 1.65 bits per heavy atom. The molecule has 7 nitrogen and oxygen atoms in total. The topological polar surface area (TPSA) is 96.4 Å². The molecule has 0 aliphatic carbocycles. The van der Waals surface area contributed by atoms with E-state index in [4.69, 9.17) is 15.2 Å². The molecule has 0 bridgehead atoms. The highest BCUT2D eigenvalue weighted by Crippen LogP contribution is 2.34. The maximum atomic E-state index is 13.9. The maximum absolute atomic E-state index is 13.9. The fourth-order valence-corrected chi connectivity index (χ4v) is 4.17. The zero-order valence-electron chi connectivity index (χ0n) is 20.1. The van der Waals surface area contributed by atoms with Gasteiger partial charge >= 0.3 is 5.97 Å². The molecule has 0 amide bonds. The number of carbonyl (C=O) groups excluding carboxylic acids is 1. The van der Waals surface area contributed by atoms with Crippen molar-refractivity contribution in [1.29, 1.82) is 0 Å². The third kappa shape index (κ3) is 4.95. The zero-order chi connectivity index (χ0) is 25.1. The van der Waals surface area contributed by atoms with E-state index in [9.17, 15) is 9.59 Å². The van der Waals surface area contributed by atoms with Gasteiger partial charge < -0.3 is 15.2 Å². The van der Waals surface area contributed by atoms with Crippen molar-refractivity contribution in [2.45, 2.75) is 6.61 Å². The van der Waals surface area contributed by atoms with Crippen molar-refractivity contribution < 1.29 is 14.3 Å². The Labute approximate surface area is 215 Å². The molecule has 0 aliphatic heterocycles. The molecule has 0 saturated carbocycles. The van der Waals surface area contributed by atoms with Gasteiger partial charge in [-0.2, -0.15) is 0 Å². The third-order valence-electron chi connectivity index (χ3n) is 5.86. The van der Waals surface area contributed by atoms with E-state index in [1.165, 1.54) is 11.7 Å². The molecule has 181 valence electrons. The highest BCUT2D eigenvalue weighted by Gasteiger charge is 2.25. The Hall–Kier alpha value is -4.85. The van der Waals surface area contributed by atoms with Gasteiger partial charge in [-0.1, -0.05) is 36.4 Å². The predicted octanol–water partition coefficient (Wildman–Crippen LogP) is 4.62. The molecule has 2 heterocycles. The summed E-state index contributed by atoms with van der Waals surface area (Å²) in [4.78, 5) is 31.3. The standard InChI is InChI=1S/C29H23N3O4.B/c1-35-29(34)27-26(19-7-3-2-4-8-19)24-15-14-23(36-18-21-9-5-6-16-31-21)17-25(24)28(33)32(27)22-12-10-20(30)11-13-22;/h2-17H,18,30H2,1H3;. The predicted molar refractivity (Wildman–Crippen MR) is 145 cm³/mol. The van der Waals surface area contributed by atoms with Gasteiger partial charge in [-0.3, -0.25) is 14.3 Å². The lowest BCUT2D eigenvalue weighted by molar-refractivity contribution is 0.0591. The summed E-state index contributed by atoms with van der Waals surface area (Å²) in [5.41, 5.74) is 8.80. The van der Waals surface area contributed by atoms with E-state index < -0.39 is 5.97 Å². The molecule has 2 aromatic heterocycles. The van der Waals surface area contributed by atoms with Crippen molar-refractivity contribution in [2.75, 3.05) is 12.8 Å². The molecule has 8 heteroatoms. The average molecular weight is 488 g/mol. The minimum Gasteiger partial charge on any atom is -0.487 e. The maximum Gasteiger partial charge on any atom is 0.355 e. The van der Waals surface area contributed by atoms with Crippen LogP contribution in [0.4, 0.5) is 5.69 Å². The normalized spacial score (nSPS) is 10.5. The van der Waals surface area contributed by atoms with Crippen LogP contribution in [0.2, 0.25) is 0 Å². The van der Waals surface area contributed by atoms with Gasteiger partial charge in [0.15, 0.2) is 0 Å². The zero-order valence-corrected chi connectivity index (χ0v) is 20.1. The largest absolute Gasteiger partial charge is 0.487 e. The number of pyridine rings is 2. The van der Waals surface area contributed by atoms with Crippen LogP contribution >= 0.6 is 0 Å². The van der Waals surface area contributed by atoms with Crippen LogP contribution in [0.15, 0.2) is 102 Å². The quantitative estimate of drug-likeness (QED) is 0.213. The van der Waals surface area contributed by atoms with Gasteiger partial charge in [-0.15, -0.1) is 0 Å². The first-order chi connectivity index (χ1) is 17.6. The SMILES string of the molecule is COC(=O)c1c(-c2ccccc2)c2ccc(OCc3ccccn3)cc2c(=O)n1-c1ccc(N)cc1.[B]. The van der Waals surface area contributed by atoms with Gasteiger partial charge in [0.2, 0.25) is 0 Å². The summed E-state index contributed by atoms with van der Waals surface area (Å²) in [6.45, 7) is 0.254. The van der Waals surface area contributed by atoms with Crippen molar-refractivity contribution in [3.8, 4) is 22.6 Å². The van der Waals surface area contributed by atoms with E-state index in [-0.39, 0.29) is 26.3 Å². The van der Waals surface area contributed by atoms with Gasteiger partial charge in [-0.25, -0.2) is 4.79 Å². The lowest BCUT2D eigenvalue weighted by Crippen LogP contribution is -2.27. The van der Waals surface area contributed by atoms with Crippen LogP contribution in [0.5, 0.6) is 5.75 Å². The van der Waals surface area contributed by atoms with Crippen molar-refractivity contribution in [3.63, 3.8) is 0 Å². The van der Waals surface area contributed by atoms with Crippen LogP contribution < -0.4 is 16.0 Å². The van der Waals surface area contributed by atoms with Gasteiger partial charge in [0.1, 0.15) is 18.1 Å². The molecule has 3 aromatic carbocycles. The molecule has 0 spiro atoms. The van der Waals surface area contributed by atoms with Gasteiger partial charge in [-0.05, 0) is 65.5 Å². The first-order valence-corrected chi connectivity index (χ1v) is 11.3. The molecule has 5 aromatic rings. The monoisotopic (exact) mass is 488 g/mol. The molecular formula is C29H23BN3O4. The number of rotatable bonds is 6. The third-order valence-corrected chi connectivity index (χ3v) is 5.86. The number of esters is 1. The van der Waals surface area contributed by atoms with E-state index >= 15 is 0 Å². The number of nitrogens with two attached hydrogens (primary N) is 1. The fourth-order valence-electron chi connectivity index (χ4n) is 4.17. The van der Waals surface area contributed by atoms with Crippen molar-refractivity contribution >= 4 is 30.8 Å². The van der Waals surface area contributed by atoms with Crippen LogP contribution in [-0.2, 0) is 11.3 Å². The highest BCUT2D eigenvalue weighted by molar-refractivity contribution is 6.07. The van der Waals surface area contributed by atoms with Crippen molar-refractivity contribution in [3.05, 3.63) is 119 Å². The summed E-state index contributed by atoms with van der Waals surface area (Å²) in [5.74, 6) is -0.112. The van der Waals surface area contributed by atoms with Crippen LogP contribution in [-0.4, -0.2) is 31.0 Å². The second-order valence-electron chi connectivity index (χ2n) is 8.13. The molecule has 37 heavy (non-hydrogen) atoms. The smallest absolute Gasteiger partial charge is 0.355 e. The molecule has 2 N–H and O–H groups in total. The summed E-state index contributed by atoms with van der Waals surface area (Å²) in [6, 6.07) is 27.1. The summed E-state index contributed by atoms with van der Waals surface area (Å²) in [6.07, 6.45) is 1.70. The van der Waals surface area contributed by atoms with E-state index in [1.807, 2.05) is 48.5 Å². The summed E-state index contributed by atoms with van der Waals surface area (Å²) >= 11 is 0. The number of fused-ring (bicyclic) bond motifs is 1. The van der Waals surface area contributed by atoms with Gasteiger partial charge in [0, 0.05) is 31.5 Å². The van der Waals surface area contributed by atoms with Crippen LogP contribution in [0, 0.1) is 0 Å². The van der Waals surface area contributed by atoms with Crippen LogP contribution in [0.25, 0.3) is 27.6 Å². The van der Waals surface area contributed by atoms with E-state index in [1.54, 1.807) is 48.7 Å². The van der Waals surface area contributed by atoms with E-state index in [0.29, 0.717) is 33.5 Å². The second kappa shape index (κ2) is 10.8. The Kier molecular flexibility index (Phi) is 7.39. The molecule has 5 rings (SSSR count). The number of nitrogen functional groups attached to an aromatic ring is 1. The van der Waals surface area contributed by atoms with Gasteiger partial charge in [0.25, 0.3) is 5.56 Å². The summed E-state index contributed by atoms with van der Waals surface area (Å²) in [7, 11) is 1.30. The number of benzene rings is 3. The number of hydrogen-bond donors (Lipinski definition) is 1. The van der Waals surface area contributed by atoms with Crippen LogP contribution in [0.3, 0.4) is 0 Å². The molecule has 0 unspecified atom stereocenters. The Bertz CT molecular complexity index is 1600. The number of anilines is 1. The molecule has 0 aliphatic rings. The number of carbonyl (C=O) groups is 1. The minimum absolute atomic E-state index is 0. The second-order valence-corrected chi connectivity index (χ2v) is 8.13. The first kappa shape index (κ1) is 25.3. The molecule has 0 atom stereocenters. The fraction of sp³-hybridized carbons (Fsp3) is 0.0690. The molecular weight excluding hydrogens is 465 g/mol. The number of nitrogens with zero attached hydrogens (tertiary/aromatic N) is 2. The summed E-state index contributed by atoms with van der Waals surface area (Å²) < 4.78 is 12.5. The number of methoxy groups -OCH3 is 1. The van der Waals surface area contributed by atoms with E-state index in [2.05, 4.69) is 4.98 Å². The number of aromatic nitrogens is 2. The average Bonchev–Trinajstić information content (AvgIpc) is 2.93. The number of hydrogen-bond acceptors (Lipinski definition) is 6. The molecule has 3 radical (unpaired) electrons. The lowest BCUT2D eigenvalue weighted by Gasteiger charge is -2.19. The van der Waals surface area contributed by atoms with Crippen molar-refractivity contribution in [2.24, 2.45) is 0 Å². The Morgan fingerprint density at radius 1 is 0.919 bits per heavy atom. The van der Waals surface area contributed by atoms with Gasteiger partial charge in [0.05, 0.1) is 18.2 Å². The molecule has 0 fully saturated rings. The first-order valence-electron chi connectivity index (χ1n) is 11.3. The highest BCUT2D eigenvalue weighted by atomic mass is 16.5. The summed E-state index contributed by atoms with van der Waals surface area (Å²) in [5, 5.41) is 1.01. The number of ether oxygens (including phenoxy) is 2.